The molecule has 0 aliphatic carbocycles. The Morgan fingerprint density at radius 2 is 1.56 bits per heavy atom. The van der Waals surface area contributed by atoms with Crippen molar-refractivity contribution in [1.82, 2.24) is 9.88 Å². The number of benzene rings is 2. The minimum Gasteiger partial charge on any atom is -0.451 e. The second-order valence-electron chi connectivity index (χ2n) is 5.94. The number of rotatable bonds is 4. The number of urea groups is 1. The van der Waals surface area contributed by atoms with Gasteiger partial charge in [-0.15, -0.1) is 0 Å². The first-order valence-corrected chi connectivity index (χ1v) is 8.18. The monoisotopic (exact) mass is 367 g/mol. The third-order valence-corrected chi connectivity index (χ3v) is 4.09. The molecule has 0 spiro atoms. The van der Waals surface area contributed by atoms with E-state index in [0.717, 1.165) is 0 Å². The van der Waals surface area contributed by atoms with Gasteiger partial charge in [0.15, 0.2) is 11.5 Å². The first-order chi connectivity index (χ1) is 12.9. The third-order valence-electron chi connectivity index (χ3n) is 4.09. The normalized spacial score (nSPS) is 11.9. The van der Waals surface area contributed by atoms with E-state index in [1.165, 1.54) is 6.92 Å². The lowest BCUT2D eigenvalue weighted by Crippen LogP contribution is -2.42. The summed E-state index contributed by atoms with van der Waals surface area (Å²) in [5.74, 6) is -1.51. The molecule has 3 N–H and O–H groups in total. The summed E-state index contributed by atoms with van der Waals surface area (Å²) in [7, 11) is 0. The van der Waals surface area contributed by atoms with Crippen LogP contribution in [0.1, 0.15) is 6.92 Å². The molecule has 1 aromatic heterocycles. The van der Waals surface area contributed by atoms with Crippen LogP contribution in [0.3, 0.4) is 0 Å². The summed E-state index contributed by atoms with van der Waals surface area (Å²) >= 11 is 0. The zero-order valence-electron chi connectivity index (χ0n) is 14.5. The van der Waals surface area contributed by atoms with Gasteiger partial charge in [-0.2, -0.15) is 0 Å². The standard InChI is InChI=1S/C19H17N3O5/c1-11(18(25)21-19(20)26)27-16(23)10-22-14-8-4-2-6-12(14)17(24)13-7-3-5-9-15(13)22/h2-9,11H,10H2,1H3,(H3,20,21,25,26). The van der Waals surface area contributed by atoms with Gasteiger partial charge < -0.3 is 15.0 Å². The molecule has 0 saturated heterocycles. The smallest absolute Gasteiger partial charge is 0.326 e. The second kappa shape index (κ2) is 7.28. The topological polar surface area (TPSA) is 120 Å². The van der Waals surface area contributed by atoms with Crippen LogP contribution in [0.15, 0.2) is 53.3 Å². The van der Waals surface area contributed by atoms with Gasteiger partial charge in [0.05, 0.1) is 11.0 Å². The number of nitrogens with one attached hydrogen (secondary N) is 1. The molecule has 0 saturated carbocycles. The van der Waals surface area contributed by atoms with Gasteiger partial charge in [-0.25, -0.2) is 4.79 Å². The Hall–Kier alpha value is -3.68. The number of aromatic nitrogens is 1. The van der Waals surface area contributed by atoms with E-state index in [9.17, 15) is 19.2 Å². The van der Waals surface area contributed by atoms with Crippen molar-refractivity contribution in [3.63, 3.8) is 0 Å². The van der Waals surface area contributed by atoms with Crippen molar-refractivity contribution in [3.8, 4) is 0 Å². The maximum Gasteiger partial charge on any atom is 0.326 e. The van der Waals surface area contributed by atoms with Crippen LogP contribution in [0.4, 0.5) is 4.79 Å². The quantitative estimate of drug-likeness (QED) is 0.532. The Morgan fingerprint density at radius 3 is 2.07 bits per heavy atom. The molecule has 8 heteroatoms. The van der Waals surface area contributed by atoms with Crippen molar-refractivity contribution in [2.45, 2.75) is 19.6 Å². The molecule has 3 rings (SSSR count). The Bertz CT molecular complexity index is 1060. The van der Waals surface area contributed by atoms with E-state index >= 15 is 0 Å². The number of carbonyl (C=O) groups is 3. The number of amides is 3. The molecule has 138 valence electrons. The Kier molecular flexibility index (Phi) is 4.89. The van der Waals surface area contributed by atoms with E-state index < -0.39 is 24.0 Å². The zero-order chi connectivity index (χ0) is 19.6. The van der Waals surface area contributed by atoms with Crippen molar-refractivity contribution in [2.75, 3.05) is 0 Å². The van der Waals surface area contributed by atoms with Gasteiger partial charge in [-0.1, -0.05) is 24.3 Å². The largest absolute Gasteiger partial charge is 0.451 e. The fourth-order valence-corrected chi connectivity index (χ4v) is 2.89. The molecule has 2 aromatic carbocycles. The van der Waals surface area contributed by atoms with E-state index in [0.29, 0.717) is 21.8 Å². The number of pyridine rings is 1. The van der Waals surface area contributed by atoms with Crippen molar-refractivity contribution < 1.29 is 19.1 Å². The predicted octanol–water partition coefficient (Wildman–Crippen LogP) is 1.28. The van der Waals surface area contributed by atoms with E-state index in [1.807, 2.05) is 5.32 Å². The molecule has 1 atom stereocenters. The maximum absolute atomic E-state index is 12.7. The maximum atomic E-state index is 12.7. The van der Waals surface area contributed by atoms with Crippen LogP contribution in [0.25, 0.3) is 21.8 Å². The van der Waals surface area contributed by atoms with Gasteiger partial charge in [0, 0.05) is 10.8 Å². The van der Waals surface area contributed by atoms with Gasteiger partial charge in [0.2, 0.25) is 0 Å². The van der Waals surface area contributed by atoms with Crippen LogP contribution in [0.5, 0.6) is 0 Å². The average Bonchev–Trinajstić information content (AvgIpc) is 2.64. The number of carbonyl (C=O) groups excluding carboxylic acids is 3. The summed E-state index contributed by atoms with van der Waals surface area (Å²) in [4.78, 5) is 47.4. The van der Waals surface area contributed by atoms with Crippen LogP contribution >= 0.6 is 0 Å². The SMILES string of the molecule is CC(OC(=O)Cn1c2ccccc2c(=O)c2ccccc21)C(=O)NC(N)=O. The van der Waals surface area contributed by atoms with Gasteiger partial charge in [-0.05, 0) is 31.2 Å². The first-order valence-electron chi connectivity index (χ1n) is 8.18. The number of fused-ring (bicyclic) bond motifs is 2. The van der Waals surface area contributed by atoms with Gasteiger partial charge in [0.25, 0.3) is 5.91 Å². The molecular formula is C19H17N3O5. The molecule has 0 bridgehead atoms. The van der Waals surface area contributed by atoms with Crippen molar-refractivity contribution in [3.05, 3.63) is 58.8 Å². The van der Waals surface area contributed by atoms with E-state index in [1.54, 1.807) is 53.1 Å². The zero-order valence-corrected chi connectivity index (χ0v) is 14.5. The van der Waals surface area contributed by atoms with E-state index in [4.69, 9.17) is 10.5 Å². The summed E-state index contributed by atoms with van der Waals surface area (Å²) in [6, 6.07) is 12.8. The van der Waals surface area contributed by atoms with E-state index in [2.05, 4.69) is 0 Å². The second-order valence-corrected chi connectivity index (χ2v) is 5.94. The molecular weight excluding hydrogens is 350 g/mol. The van der Waals surface area contributed by atoms with Crippen molar-refractivity contribution in [1.29, 1.82) is 0 Å². The molecule has 1 unspecified atom stereocenters. The number of hydrogen-bond acceptors (Lipinski definition) is 5. The van der Waals surface area contributed by atoms with Crippen LogP contribution in [-0.4, -0.2) is 28.6 Å². The number of nitrogens with two attached hydrogens (primary N) is 1. The van der Waals surface area contributed by atoms with Crippen LogP contribution in [0, 0.1) is 0 Å². The molecule has 0 aliphatic heterocycles. The molecule has 27 heavy (non-hydrogen) atoms. The van der Waals surface area contributed by atoms with Gasteiger partial charge in [-0.3, -0.25) is 19.7 Å². The minimum absolute atomic E-state index is 0.125. The lowest BCUT2D eigenvalue weighted by atomic mass is 10.1. The highest BCUT2D eigenvalue weighted by Gasteiger charge is 2.20. The van der Waals surface area contributed by atoms with E-state index in [-0.39, 0.29) is 12.0 Å². The summed E-state index contributed by atoms with van der Waals surface area (Å²) < 4.78 is 6.75. The molecule has 3 aromatic rings. The fraction of sp³-hybridized carbons (Fsp3) is 0.158. The van der Waals surface area contributed by atoms with Crippen LogP contribution in [0.2, 0.25) is 0 Å². The van der Waals surface area contributed by atoms with Crippen LogP contribution in [-0.2, 0) is 20.9 Å². The highest BCUT2D eigenvalue weighted by molar-refractivity contribution is 5.97. The molecule has 0 fully saturated rings. The molecule has 1 heterocycles. The average molecular weight is 367 g/mol. The molecule has 0 radical (unpaired) electrons. The van der Waals surface area contributed by atoms with Crippen LogP contribution < -0.4 is 16.5 Å². The molecule has 8 nitrogen and oxygen atoms in total. The lowest BCUT2D eigenvalue weighted by Gasteiger charge is -2.16. The Labute approximate surface area is 153 Å². The van der Waals surface area contributed by atoms with Gasteiger partial charge in [0.1, 0.15) is 6.54 Å². The number of ether oxygens (including phenoxy) is 1. The minimum atomic E-state index is -1.19. The van der Waals surface area contributed by atoms with Crippen molar-refractivity contribution >= 4 is 39.7 Å². The number of nitrogens with zero attached hydrogens (tertiary/aromatic N) is 1. The molecule has 0 aliphatic rings. The summed E-state index contributed by atoms with van der Waals surface area (Å²) in [6.45, 7) is 1.12. The summed E-state index contributed by atoms with van der Waals surface area (Å²) in [6.07, 6.45) is -1.19. The summed E-state index contributed by atoms with van der Waals surface area (Å²) in [5, 5.41) is 2.80. The summed E-state index contributed by atoms with van der Waals surface area (Å²) in [5.41, 5.74) is 5.91. The van der Waals surface area contributed by atoms with Crippen molar-refractivity contribution in [2.24, 2.45) is 5.73 Å². The number of primary amides is 1. The highest BCUT2D eigenvalue weighted by atomic mass is 16.5. The number of imide groups is 1. The van der Waals surface area contributed by atoms with Gasteiger partial charge >= 0.3 is 12.0 Å². The number of para-hydroxylation sites is 2. The highest BCUT2D eigenvalue weighted by Crippen LogP contribution is 2.19. The number of hydrogen-bond donors (Lipinski definition) is 2. The fourth-order valence-electron chi connectivity index (χ4n) is 2.89. The predicted molar refractivity (Wildman–Crippen MR) is 99.0 cm³/mol. The molecule has 3 amide bonds. The Balaban J connectivity index is 1.97. The third kappa shape index (κ3) is 3.64. The number of esters is 1. The lowest BCUT2D eigenvalue weighted by molar-refractivity contribution is -0.154. The first kappa shape index (κ1) is 18.1. The Morgan fingerprint density at radius 1 is 1.04 bits per heavy atom.